The second-order valence-electron chi connectivity index (χ2n) is 5.10. The second kappa shape index (κ2) is 6.27. The van der Waals surface area contributed by atoms with E-state index < -0.39 is 6.10 Å². The van der Waals surface area contributed by atoms with Gasteiger partial charge in [0, 0.05) is 38.1 Å². The lowest BCUT2D eigenvalue weighted by Crippen LogP contribution is -2.50. The number of piperazine rings is 1. The van der Waals surface area contributed by atoms with Gasteiger partial charge in [0.25, 0.3) is 0 Å². The molecule has 0 saturated carbocycles. The van der Waals surface area contributed by atoms with Crippen LogP contribution < -0.4 is 4.74 Å². The monoisotopic (exact) mass is 266 g/mol. The number of rotatable bonds is 4. The van der Waals surface area contributed by atoms with Crippen molar-refractivity contribution in [2.75, 3.05) is 40.8 Å². The fraction of sp³-hybridized carbons (Fsp3) is 0.692. The van der Waals surface area contributed by atoms with Gasteiger partial charge in [-0.1, -0.05) is 0 Å². The molecular formula is C13H22N4O2. The Morgan fingerprint density at radius 2 is 2.11 bits per heavy atom. The summed E-state index contributed by atoms with van der Waals surface area (Å²) in [7, 11) is 5.74. The molecule has 0 bridgehead atoms. The summed E-state index contributed by atoms with van der Waals surface area (Å²) < 4.78 is 5.15. The molecular weight excluding hydrogens is 244 g/mol. The molecule has 106 valence electrons. The number of hydrogen-bond donors (Lipinski definition) is 1. The van der Waals surface area contributed by atoms with Crippen molar-refractivity contribution in [2.45, 2.75) is 18.6 Å². The fourth-order valence-corrected chi connectivity index (χ4v) is 2.45. The number of methoxy groups -OCH3 is 1. The Morgan fingerprint density at radius 1 is 1.37 bits per heavy atom. The number of aliphatic hydroxyl groups excluding tert-OH is 1. The van der Waals surface area contributed by atoms with Crippen LogP contribution >= 0.6 is 0 Å². The van der Waals surface area contributed by atoms with Gasteiger partial charge in [-0.3, -0.25) is 4.98 Å². The molecule has 1 fully saturated rings. The molecule has 6 heteroatoms. The van der Waals surface area contributed by atoms with Gasteiger partial charge in [-0.2, -0.15) is 0 Å². The molecule has 2 atom stereocenters. The minimum Gasteiger partial charge on any atom is -0.480 e. The standard InChI is InChI=1S/C13H22N4O2/c1-16-6-7-17(2)10(9-16)8-11(18)12-13(19-3)15-5-4-14-12/h4-5,10-11,18H,6-9H2,1-3H3. The summed E-state index contributed by atoms with van der Waals surface area (Å²) in [4.78, 5) is 12.8. The highest BCUT2D eigenvalue weighted by Crippen LogP contribution is 2.25. The number of aliphatic hydroxyl groups is 1. The number of aromatic nitrogens is 2. The minimum atomic E-state index is -0.650. The predicted molar refractivity (Wildman–Crippen MR) is 72.1 cm³/mol. The first-order chi connectivity index (χ1) is 9.11. The van der Waals surface area contributed by atoms with Gasteiger partial charge in [-0.15, -0.1) is 0 Å². The van der Waals surface area contributed by atoms with Crippen molar-refractivity contribution < 1.29 is 9.84 Å². The van der Waals surface area contributed by atoms with Crippen molar-refractivity contribution in [3.63, 3.8) is 0 Å². The molecule has 1 aliphatic rings. The van der Waals surface area contributed by atoms with Crippen molar-refractivity contribution in [1.29, 1.82) is 0 Å². The molecule has 0 amide bonds. The second-order valence-corrected chi connectivity index (χ2v) is 5.10. The van der Waals surface area contributed by atoms with Crippen LogP contribution in [0.2, 0.25) is 0 Å². The SMILES string of the molecule is COc1nccnc1C(O)CC1CN(C)CCN1C. The van der Waals surface area contributed by atoms with Crippen LogP contribution in [0.4, 0.5) is 0 Å². The topological polar surface area (TPSA) is 61.7 Å². The van der Waals surface area contributed by atoms with Crippen molar-refractivity contribution >= 4 is 0 Å². The van der Waals surface area contributed by atoms with Crippen molar-refractivity contribution in [2.24, 2.45) is 0 Å². The number of likely N-dealkylation sites (N-methyl/N-ethyl adjacent to an activating group) is 2. The summed E-state index contributed by atoms with van der Waals surface area (Å²) in [6.07, 6.45) is 3.13. The molecule has 1 aromatic rings. The first kappa shape index (κ1) is 14.2. The maximum atomic E-state index is 10.4. The zero-order valence-corrected chi connectivity index (χ0v) is 11.8. The minimum absolute atomic E-state index is 0.320. The van der Waals surface area contributed by atoms with Gasteiger partial charge < -0.3 is 19.6 Å². The van der Waals surface area contributed by atoms with Gasteiger partial charge in [0.1, 0.15) is 11.8 Å². The molecule has 0 radical (unpaired) electrons. The molecule has 0 aliphatic carbocycles. The van der Waals surface area contributed by atoms with Crippen LogP contribution in [0.5, 0.6) is 5.88 Å². The van der Waals surface area contributed by atoms with E-state index in [0.717, 1.165) is 19.6 Å². The Balaban J connectivity index is 2.05. The van der Waals surface area contributed by atoms with Crippen LogP contribution in [0.1, 0.15) is 18.2 Å². The molecule has 1 saturated heterocycles. The van der Waals surface area contributed by atoms with E-state index in [0.29, 0.717) is 24.0 Å². The Morgan fingerprint density at radius 3 is 2.84 bits per heavy atom. The normalized spacial score (nSPS) is 23.3. The lowest BCUT2D eigenvalue weighted by Gasteiger charge is -2.38. The average Bonchev–Trinajstić information content (AvgIpc) is 2.42. The largest absolute Gasteiger partial charge is 0.480 e. The van der Waals surface area contributed by atoms with Crippen molar-refractivity contribution in [3.05, 3.63) is 18.1 Å². The Labute approximate surface area is 114 Å². The van der Waals surface area contributed by atoms with E-state index in [2.05, 4.69) is 33.9 Å². The summed E-state index contributed by atoms with van der Waals surface area (Å²) in [6.45, 7) is 3.04. The molecule has 1 aliphatic heterocycles. The van der Waals surface area contributed by atoms with Gasteiger partial charge >= 0.3 is 0 Å². The highest BCUT2D eigenvalue weighted by atomic mass is 16.5. The van der Waals surface area contributed by atoms with Crippen molar-refractivity contribution in [1.82, 2.24) is 19.8 Å². The fourth-order valence-electron chi connectivity index (χ4n) is 2.45. The van der Waals surface area contributed by atoms with E-state index in [4.69, 9.17) is 4.74 Å². The van der Waals surface area contributed by atoms with E-state index in [1.807, 2.05) is 0 Å². The third kappa shape index (κ3) is 3.40. The van der Waals surface area contributed by atoms with E-state index in [1.54, 1.807) is 19.5 Å². The van der Waals surface area contributed by atoms with Crippen LogP contribution in [0, 0.1) is 0 Å². The highest BCUT2D eigenvalue weighted by molar-refractivity contribution is 5.19. The highest BCUT2D eigenvalue weighted by Gasteiger charge is 2.27. The van der Waals surface area contributed by atoms with Gasteiger partial charge in [-0.05, 0) is 20.5 Å². The maximum Gasteiger partial charge on any atom is 0.238 e. The third-order valence-corrected chi connectivity index (χ3v) is 3.68. The Bertz CT molecular complexity index is 415. The molecule has 1 aromatic heterocycles. The lowest BCUT2D eigenvalue weighted by atomic mass is 10.0. The van der Waals surface area contributed by atoms with Crippen molar-refractivity contribution in [3.8, 4) is 5.88 Å². The molecule has 6 nitrogen and oxygen atoms in total. The smallest absolute Gasteiger partial charge is 0.238 e. The summed E-state index contributed by atoms with van der Waals surface area (Å²) in [5.74, 6) is 0.404. The van der Waals surface area contributed by atoms with Crippen LogP contribution in [-0.2, 0) is 0 Å². The Hall–Kier alpha value is -1.24. The van der Waals surface area contributed by atoms with Gasteiger partial charge in [0.05, 0.1) is 7.11 Å². The molecule has 0 spiro atoms. The molecule has 2 rings (SSSR count). The zero-order valence-electron chi connectivity index (χ0n) is 11.8. The van der Waals surface area contributed by atoms with Gasteiger partial charge in [0.2, 0.25) is 5.88 Å². The molecule has 2 heterocycles. The van der Waals surface area contributed by atoms with Crippen LogP contribution in [0.25, 0.3) is 0 Å². The van der Waals surface area contributed by atoms with Gasteiger partial charge in [0.15, 0.2) is 0 Å². The van der Waals surface area contributed by atoms with E-state index in [9.17, 15) is 5.11 Å². The summed E-state index contributed by atoms with van der Waals surface area (Å²) >= 11 is 0. The van der Waals surface area contributed by atoms with Crippen LogP contribution in [-0.4, -0.2) is 71.8 Å². The quantitative estimate of drug-likeness (QED) is 0.837. The average molecular weight is 266 g/mol. The first-order valence-electron chi connectivity index (χ1n) is 6.53. The Kier molecular flexibility index (Phi) is 4.68. The lowest BCUT2D eigenvalue weighted by molar-refractivity contribution is 0.0606. The summed E-state index contributed by atoms with van der Waals surface area (Å²) in [5, 5.41) is 10.4. The van der Waals surface area contributed by atoms with Crippen LogP contribution in [0.15, 0.2) is 12.4 Å². The van der Waals surface area contributed by atoms with Crippen LogP contribution in [0.3, 0.4) is 0 Å². The number of hydrogen-bond acceptors (Lipinski definition) is 6. The third-order valence-electron chi connectivity index (χ3n) is 3.68. The van der Waals surface area contributed by atoms with E-state index in [-0.39, 0.29) is 0 Å². The molecule has 19 heavy (non-hydrogen) atoms. The maximum absolute atomic E-state index is 10.4. The van der Waals surface area contributed by atoms with E-state index >= 15 is 0 Å². The predicted octanol–water partition coefficient (Wildman–Crippen LogP) is 0.155. The zero-order chi connectivity index (χ0) is 13.8. The van der Waals surface area contributed by atoms with Gasteiger partial charge in [-0.25, -0.2) is 4.98 Å². The van der Waals surface area contributed by atoms with E-state index in [1.165, 1.54) is 0 Å². The summed E-state index contributed by atoms with van der Waals surface area (Å²) in [5.41, 5.74) is 0.520. The molecule has 1 N–H and O–H groups in total. The first-order valence-corrected chi connectivity index (χ1v) is 6.53. The summed E-state index contributed by atoms with van der Waals surface area (Å²) in [6, 6.07) is 0.320. The number of nitrogens with zero attached hydrogens (tertiary/aromatic N) is 4. The number of ether oxygens (including phenoxy) is 1. The molecule has 0 aromatic carbocycles. The molecule has 2 unspecified atom stereocenters.